The van der Waals surface area contributed by atoms with Gasteiger partial charge in [-0.05, 0) is 6.92 Å². The van der Waals surface area contributed by atoms with E-state index in [-0.39, 0.29) is 5.41 Å². The lowest BCUT2D eigenvalue weighted by Gasteiger charge is -2.39. The van der Waals surface area contributed by atoms with Gasteiger partial charge >= 0.3 is 0 Å². The predicted molar refractivity (Wildman–Crippen MR) is 87.0 cm³/mol. The Kier molecular flexibility index (Phi) is 3.42. The fraction of sp³-hybridized carbons (Fsp3) is 0.278. The molecule has 116 valence electrons. The largest absolute Gasteiger partial charge is 0.379 e. The zero-order valence-corrected chi connectivity index (χ0v) is 13.0. The number of hydrogen-bond donors (Lipinski definition) is 0. The summed E-state index contributed by atoms with van der Waals surface area (Å²) in [5.41, 5.74) is 4.29. The van der Waals surface area contributed by atoms with Gasteiger partial charge in [-0.2, -0.15) is 0 Å². The van der Waals surface area contributed by atoms with Crippen LogP contribution in [0.3, 0.4) is 0 Å². The van der Waals surface area contributed by atoms with E-state index >= 15 is 0 Å². The molecular formula is C18H18N4O. The minimum Gasteiger partial charge on any atom is -0.379 e. The maximum Gasteiger partial charge on any atom is 0.0959 e. The fourth-order valence-corrected chi connectivity index (χ4v) is 3.07. The number of benzene rings is 1. The molecule has 1 aromatic carbocycles. The highest BCUT2D eigenvalue weighted by Gasteiger charge is 2.40. The summed E-state index contributed by atoms with van der Waals surface area (Å²) in [6.45, 7) is 4.34. The average Bonchev–Trinajstić information content (AvgIpc) is 2.98. The molecule has 0 radical (unpaired) electrons. The van der Waals surface area contributed by atoms with E-state index < -0.39 is 0 Å². The van der Waals surface area contributed by atoms with Crippen molar-refractivity contribution in [3.8, 4) is 11.3 Å². The van der Waals surface area contributed by atoms with Crippen molar-refractivity contribution in [1.82, 2.24) is 19.5 Å². The van der Waals surface area contributed by atoms with Crippen LogP contribution in [0.1, 0.15) is 18.3 Å². The number of hydrogen-bond acceptors (Lipinski definition) is 4. The molecule has 0 saturated carbocycles. The summed E-state index contributed by atoms with van der Waals surface area (Å²) in [5.74, 6) is 0. The summed E-state index contributed by atoms with van der Waals surface area (Å²) in [6.07, 6.45) is 7.11. The lowest BCUT2D eigenvalue weighted by Crippen LogP contribution is -2.45. The second-order valence-corrected chi connectivity index (χ2v) is 6.19. The smallest absolute Gasteiger partial charge is 0.0959 e. The van der Waals surface area contributed by atoms with Crippen LogP contribution in [0.25, 0.3) is 11.3 Å². The van der Waals surface area contributed by atoms with Crippen molar-refractivity contribution in [2.75, 3.05) is 13.2 Å². The van der Waals surface area contributed by atoms with E-state index in [2.05, 4.69) is 38.6 Å². The summed E-state index contributed by atoms with van der Waals surface area (Å²) in [4.78, 5) is 13.2. The van der Waals surface area contributed by atoms with Crippen molar-refractivity contribution in [3.63, 3.8) is 0 Å². The van der Waals surface area contributed by atoms with Gasteiger partial charge in [0, 0.05) is 18.0 Å². The number of nitrogens with zero attached hydrogens (tertiary/aromatic N) is 4. The topological polar surface area (TPSA) is 52.8 Å². The molecule has 3 aromatic rings. The lowest BCUT2D eigenvalue weighted by molar-refractivity contribution is -0.0532. The van der Waals surface area contributed by atoms with Crippen molar-refractivity contribution >= 4 is 0 Å². The van der Waals surface area contributed by atoms with Crippen LogP contribution in [0, 0.1) is 0 Å². The Morgan fingerprint density at radius 1 is 1.13 bits per heavy atom. The van der Waals surface area contributed by atoms with Crippen molar-refractivity contribution in [3.05, 3.63) is 66.6 Å². The number of ether oxygens (including phenoxy) is 1. The zero-order chi connectivity index (χ0) is 15.7. The molecule has 1 aliphatic rings. The highest BCUT2D eigenvalue weighted by Crippen LogP contribution is 2.37. The maximum atomic E-state index is 5.49. The highest BCUT2D eigenvalue weighted by atomic mass is 16.5. The summed E-state index contributed by atoms with van der Waals surface area (Å²) in [6, 6.07) is 10.3. The molecule has 1 aliphatic heterocycles. The second kappa shape index (κ2) is 5.59. The molecule has 1 fully saturated rings. The number of aromatic nitrogens is 4. The molecule has 0 N–H and O–H groups in total. The SMILES string of the molecule is CC1(c2c(-c3ccccc3)ncn2Cc2cnccn2)COC1. The summed E-state index contributed by atoms with van der Waals surface area (Å²) in [5, 5.41) is 0. The summed E-state index contributed by atoms with van der Waals surface area (Å²) < 4.78 is 7.66. The van der Waals surface area contributed by atoms with Gasteiger partial charge in [0.25, 0.3) is 0 Å². The van der Waals surface area contributed by atoms with E-state index in [1.807, 2.05) is 24.5 Å². The lowest BCUT2D eigenvalue weighted by atomic mass is 9.82. The third-order valence-electron chi connectivity index (χ3n) is 4.25. The Morgan fingerprint density at radius 2 is 1.96 bits per heavy atom. The molecule has 0 unspecified atom stereocenters. The van der Waals surface area contributed by atoms with Crippen LogP contribution in [0.15, 0.2) is 55.2 Å². The zero-order valence-electron chi connectivity index (χ0n) is 13.0. The van der Waals surface area contributed by atoms with Gasteiger partial charge in [-0.1, -0.05) is 30.3 Å². The van der Waals surface area contributed by atoms with Crippen LogP contribution < -0.4 is 0 Å². The quantitative estimate of drug-likeness (QED) is 0.743. The van der Waals surface area contributed by atoms with Crippen LogP contribution in [0.5, 0.6) is 0 Å². The van der Waals surface area contributed by atoms with Crippen LogP contribution in [-0.2, 0) is 16.7 Å². The van der Waals surface area contributed by atoms with Crippen molar-refractivity contribution in [1.29, 1.82) is 0 Å². The van der Waals surface area contributed by atoms with Gasteiger partial charge < -0.3 is 9.30 Å². The van der Waals surface area contributed by atoms with Crippen LogP contribution in [-0.4, -0.2) is 32.7 Å². The molecule has 0 spiro atoms. The molecule has 0 bridgehead atoms. The molecule has 5 heteroatoms. The van der Waals surface area contributed by atoms with Gasteiger partial charge in [0.1, 0.15) is 0 Å². The molecule has 1 saturated heterocycles. The summed E-state index contributed by atoms with van der Waals surface area (Å²) >= 11 is 0. The first-order valence-electron chi connectivity index (χ1n) is 7.70. The molecule has 0 aliphatic carbocycles. The van der Waals surface area contributed by atoms with Gasteiger partial charge in [0.15, 0.2) is 0 Å². The first kappa shape index (κ1) is 14.1. The third kappa shape index (κ3) is 2.53. The fourth-order valence-electron chi connectivity index (χ4n) is 3.07. The number of rotatable bonds is 4. The molecule has 0 amide bonds. The third-order valence-corrected chi connectivity index (χ3v) is 4.25. The van der Waals surface area contributed by atoms with E-state index in [9.17, 15) is 0 Å². The second-order valence-electron chi connectivity index (χ2n) is 6.19. The van der Waals surface area contributed by atoms with Gasteiger partial charge in [-0.25, -0.2) is 4.98 Å². The Morgan fingerprint density at radius 3 is 2.61 bits per heavy atom. The van der Waals surface area contributed by atoms with E-state index in [0.29, 0.717) is 6.54 Å². The van der Waals surface area contributed by atoms with Crippen LogP contribution >= 0.6 is 0 Å². The van der Waals surface area contributed by atoms with Crippen molar-refractivity contribution < 1.29 is 4.74 Å². The minimum atomic E-state index is -0.0100. The highest BCUT2D eigenvalue weighted by molar-refractivity contribution is 5.63. The molecule has 3 heterocycles. The number of imidazole rings is 1. The summed E-state index contributed by atoms with van der Waals surface area (Å²) in [7, 11) is 0. The van der Waals surface area contributed by atoms with Crippen molar-refractivity contribution in [2.45, 2.75) is 18.9 Å². The first-order chi connectivity index (χ1) is 11.3. The van der Waals surface area contributed by atoms with Gasteiger partial charge in [-0.3, -0.25) is 9.97 Å². The van der Waals surface area contributed by atoms with E-state index in [1.165, 1.54) is 5.69 Å². The maximum absolute atomic E-state index is 5.49. The van der Waals surface area contributed by atoms with E-state index in [0.717, 1.165) is 30.2 Å². The van der Waals surface area contributed by atoms with E-state index in [4.69, 9.17) is 4.74 Å². The van der Waals surface area contributed by atoms with Gasteiger partial charge in [0.05, 0.1) is 54.8 Å². The monoisotopic (exact) mass is 306 g/mol. The Bertz CT molecular complexity index is 794. The van der Waals surface area contributed by atoms with E-state index in [1.54, 1.807) is 18.6 Å². The standard InChI is InChI=1S/C18H18N4O/c1-18(11-23-12-18)17-16(14-5-3-2-4-6-14)21-13-22(17)10-15-9-19-7-8-20-15/h2-9,13H,10-12H2,1H3. The van der Waals surface area contributed by atoms with Gasteiger partial charge in [-0.15, -0.1) is 0 Å². The molecular weight excluding hydrogens is 288 g/mol. The molecule has 4 rings (SSSR count). The minimum absolute atomic E-state index is 0.0100. The Hall–Kier alpha value is -2.53. The Balaban J connectivity index is 1.79. The normalized spacial score (nSPS) is 16.0. The molecule has 5 nitrogen and oxygen atoms in total. The predicted octanol–water partition coefficient (Wildman–Crippen LogP) is 2.68. The van der Waals surface area contributed by atoms with Crippen LogP contribution in [0.2, 0.25) is 0 Å². The van der Waals surface area contributed by atoms with Gasteiger partial charge in [0.2, 0.25) is 0 Å². The van der Waals surface area contributed by atoms with Crippen molar-refractivity contribution in [2.24, 2.45) is 0 Å². The molecule has 2 aromatic heterocycles. The van der Waals surface area contributed by atoms with Crippen LogP contribution in [0.4, 0.5) is 0 Å². The molecule has 0 atom stereocenters. The first-order valence-corrected chi connectivity index (χ1v) is 7.70. The average molecular weight is 306 g/mol. The Labute approximate surface area is 135 Å². The molecule has 23 heavy (non-hydrogen) atoms.